The normalized spacial score (nSPS) is 16.4. The Labute approximate surface area is 109 Å². The van der Waals surface area contributed by atoms with Crippen LogP contribution in [-0.4, -0.2) is 27.3 Å². The topological polar surface area (TPSA) is 30.5 Å². The lowest BCUT2D eigenvalue weighted by molar-refractivity contribution is 0.353. The van der Waals surface area contributed by atoms with Gasteiger partial charge in [0.05, 0.1) is 14.2 Å². The molecule has 0 aromatic heterocycles. The molecule has 1 aromatic rings. The average molecular weight is 249 g/mol. The SMILES string of the molecule is CCNCC1(c2cc(OC)c(OC)cc2C)CC1. The van der Waals surface area contributed by atoms with Crippen LogP contribution in [0.4, 0.5) is 0 Å². The Bertz CT molecular complexity index is 425. The van der Waals surface area contributed by atoms with Gasteiger partial charge in [-0.05, 0) is 49.6 Å². The van der Waals surface area contributed by atoms with Crippen molar-refractivity contribution in [2.24, 2.45) is 0 Å². The molecule has 2 rings (SSSR count). The molecule has 1 aromatic carbocycles. The standard InChI is InChI=1S/C15H23NO2/c1-5-16-10-15(6-7-15)12-9-14(18-4)13(17-3)8-11(12)2/h8-9,16H,5-7,10H2,1-4H3. The number of nitrogens with one attached hydrogen (secondary N) is 1. The summed E-state index contributed by atoms with van der Waals surface area (Å²) < 4.78 is 10.8. The number of hydrogen-bond acceptors (Lipinski definition) is 3. The fraction of sp³-hybridized carbons (Fsp3) is 0.600. The van der Waals surface area contributed by atoms with E-state index in [0.717, 1.165) is 24.6 Å². The van der Waals surface area contributed by atoms with Crippen molar-refractivity contribution in [1.82, 2.24) is 5.32 Å². The third-order valence-electron chi connectivity index (χ3n) is 3.87. The second-order valence-corrected chi connectivity index (χ2v) is 5.08. The zero-order valence-corrected chi connectivity index (χ0v) is 11.8. The maximum Gasteiger partial charge on any atom is 0.161 e. The van der Waals surface area contributed by atoms with E-state index < -0.39 is 0 Å². The average Bonchev–Trinajstić information content (AvgIpc) is 3.17. The Morgan fingerprint density at radius 1 is 1.17 bits per heavy atom. The van der Waals surface area contributed by atoms with Crippen molar-refractivity contribution in [3.05, 3.63) is 23.3 Å². The Hall–Kier alpha value is -1.22. The summed E-state index contributed by atoms with van der Waals surface area (Å²) in [6.07, 6.45) is 2.52. The van der Waals surface area contributed by atoms with Gasteiger partial charge in [-0.25, -0.2) is 0 Å². The maximum absolute atomic E-state index is 5.41. The highest BCUT2D eigenvalue weighted by Gasteiger charge is 2.45. The van der Waals surface area contributed by atoms with Crippen LogP contribution >= 0.6 is 0 Å². The molecular formula is C15H23NO2. The highest BCUT2D eigenvalue weighted by atomic mass is 16.5. The number of rotatable bonds is 6. The van der Waals surface area contributed by atoms with E-state index in [2.05, 4.69) is 31.3 Å². The summed E-state index contributed by atoms with van der Waals surface area (Å²) in [4.78, 5) is 0. The molecule has 3 nitrogen and oxygen atoms in total. The van der Waals surface area contributed by atoms with Gasteiger partial charge in [0.1, 0.15) is 0 Å². The van der Waals surface area contributed by atoms with Gasteiger partial charge in [-0.1, -0.05) is 6.92 Å². The van der Waals surface area contributed by atoms with E-state index in [1.807, 2.05) is 0 Å². The van der Waals surface area contributed by atoms with Crippen LogP contribution in [0.3, 0.4) is 0 Å². The lowest BCUT2D eigenvalue weighted by Crippen LogP contribution is -2.27. The zero-order valence-electron chi connectivity index (χ0n) is 11.8. The Kier molecular flexibility index (Phi) is 3.81. The fourth-order valence-corrected chi connectivity index (χ4v) is 2.61. The van der Waals surface area contributed by atoms with Gasteiger partial charge in [-0.2, -0.15) is 0 Å². The van der Waals surface area contributed by atoms with E-state index in [4.69, 9.17) is 9.47 Å². The molecule has 0 radical (unpaired) electrons. The van der Waals surface area contributed by atoms with E-state index in [9.17, 15) is 0 Å². The molecule has 1 saturated carbocycles. The number of hydrogen-bond donors (Lipinski definition) is 1. The number of methoxy groups -OCH3 is 2. The Balaban J connectivity index is 2.33. The molecule has 0 bridgehead atoms. The number of aryl methyl sites for hydroxylation is 1. The number of ether oxygens (including phenoxy) is 2. The maximum atomic E-state index is 5.41. The highest BCUT2D eigenvalue weighted by Crippen LogP contribution is 2.50. The van der Waals surface area contributed by atoms with Crippen LogP contribution in [0, 0.1) is 6.92 Å². The molecular weight excluding hydrogens is 226 g/mol. The van der Waals surface area contributed by atoms with Gasteiger partial charge in [0.2, 0.25) is 0 Å². The van der Waals surface area contributed by atoms with Gasteiger partial charge in [0.15, 0.2) is 11.5 Å². The van der Waals surface area contributed by atoms with E-state index in [-0.39, 0.29) is 0 Å². The second kappa shape index (κ2) is 5.19. The first-order valence-corrected chi connectivity index (χ1v) is 6.60. The van der Waals surface area contributed by atoms with Crippen molar-refractivity contribution in [2.75, 3.05) is 27.3 Å². The van der Waals surface area contributed by atoms with Gasteiger partial charge in [-0.15, -0.1) is 0 Å². The minimum atomic E-state index is 0.319. The molecule has 0 spiro atoms. The monoisotopic (exact) mass is 249 g/mol. The quantitative estimate of drug-likeness (QED) is 0.840. The van der Waals surface area contributed by atoms with Crippen molar-refractivity contribution in [2.45, 2.75) is 32.1 Å². The van der Waals surface area contributed by atoms with E-state index >= 15 is 0 Å². The van der Waals surface area contributed by atoms with Crippen molar-refractivity contribution >= 4 is 0 Å². The minimum absolute atomic E-state index is 0.319. The van der Waals surface area contributed by atoms with Crippen molar-refractivity contribution in [3.8, 4) is 11.5 Å². The largest absolute Gasteiger partial charge is 0.493 e. The van der Waals surface area contributed by atoms with Gasteiger partial charge in [0.25, 0.3) is 0 Å². The van der Waals surface area contributed by atoms with Crippen LogP contribution in [0.15, 0.2) is 12.1 Å². The van der Waals surface area contributed by atoms with Crippen LogP contribution < -0.4 is 14.8 Å². The molecule has 0 heterocycles. The number of benzene rings is 1. The summed E-state index contributed by atoms with van der Waals surface area (Å²) in [7, 11) is 3.38. The van der Waals surface area contributed by atoms with Gasteiger partial charge < -0.3 is 14.8 Å². The van der Waals surface area contributed by atoms with E-state index in [1.54, 1.807) is 14.2 Å². The molecule has 1 fully saturated rings. The molecule has 18 heavy (non-hydrogen) atoms. The van der Waals surface area contributed by atoms with Crippen molar-refractivity contribution in [3.63, 3.8) is 0 Å². The van der Waals surface area contributed by atoms with Crippen LogP contribution in [0.2, 0.25) is 0 Å². The Morgan fingerprint density at radius 3 is 2.28 bits per heavy atom. The van der Waals surface area contributed by atoms with E-state index in [0.29, 0.717) is 5.41 Å². The zero-order chi connectivity index (χ0) is 13.2. The lowest BCUT2D eigenvalue weighted by Gasteiger charge is -2.20. The third-order valence-corrected chi connectivity index (χ3v) is 3.87. The molecule has 0 unspecified atom stereocenters. The summed E-state index contributed by atoms with van der Waals surface area (Å²) in [6, 6.07) is 4.23. The van der Waals surface area contributed by atoms with E-state index in [1.165, 1.54) is 24.0 Å². The molecule has 1 N–H and O–H groups in total. The van der Waals surface area contributed by atoms with Crippen molar-refractivity contribution in [1.29, 1.82) is 0 Å². The first-order chi connectivity index (χ1) is 8.66. The molecule has 1 aliphatic rings. The van der Waals surface area contributed by atoms with Gasteiger partial charge in [0, 0.05) is 12.0 Å². The second-order valence-electron chi connectivity index (χ2n) is 5.08. The fourth-order valence-electron chi connectivity index (χ4n) is 2.61. The summed E-state index contributed by atoms with van der Waals surface area (Å²) in [5, 5.41) is 3.47. The molecule has 0 saturated heterocycles. The summed E-state index contributed by atoms with van der Waals surface area (Å²) in [6.45, 7) is 6.38. The first kappa shape index (κ1) is 13.2. The first-order valence-electron chi connectivity index (χ1n) is 6.60. The summed E-state index contributed by atoms with van der Waals surface area (Å²) in [5.41, 5.74) is 3.02. The lowest BCUT2D eigenvalue weighted by atomic mass is 9.91. The predicted octanol–water partition coefficient (Wildman–Crippen LogP) is 2.65. The molecule has 3 heteroatoms. The van der Waals surface area contributed by atoms with Crippen LogP contribution in [0.5, 0.6) is 11.5 Å². The molecule has 0 atom stereocenters. The van der Waals surface area contributed by atoms with Crippen LogP contribution in [0.25, 0.3) is 0 Å². The van der Waals surface area contributed by atoms with Gasteiger partial charge in [-0.3, -0.25) is 0 Å². The predicted molar refractivity (Wildman–Crippen MR) is 73.7 cm³/mol. The molecule has 0 amide bonds. The van der Waals surface area contributed by atoms with Crippen molar-refractivity contribution < 1.29 is 9.47 Å². The minimum Gasteiger partial charge on any atom is -0.493 e. The summed E-state index contributed by atoms with van der Waals surface area (Å²) >= 11 is 0. The summed E-state index contributed by atoms with van der Waals surface area (Å²) in [5.74, 6) is 1.65. The molecule has 1 aliphatic carbocycles. The van der Waals surface area contributed by atoms with Gasteiger partial charge >= 0.3 is 0 Å². The Morgan fingerprint density at radius 2 is 1.78 bits per heavy atom. The van der Waals surface area contributed by atoms with Crippen LogP contribution in [0.1, 0.15) is 30.9 Å². The highest BCUT2D eigenvalue weighted by molar-refractivity contribution is 5.51. The van der Waals surface area contributed by atoms with Crippen LogP contribution in [-0.2, 0) is 5.41 Å². The smallest absolute Gasteiger partial charge is 0.161 e. The molecule has 100 valence electrons. The molecule has 0 aliphatic heterocycles. The third kappa shape index (κ3) is 2.32. The number of likely N-dealkylation sites (N-methyl/N-ethyl adjacent to an activating group) is 1.